The van der Waals surface area contributed by atoms with Gasteiger partial charge in [-0.25, -0.2) is 4.98 Å². The lowest BCUT2D eigenvalue weighted by Crippen LogP contribution is -2.35. The van der Waals surface area contributed by atoms with E-state index in [1.54, 1.807) is 11.3 Å². The molecule has 0 radical (unpaired) electrons. The highest BCUT2D eigenvalue weighted by Crippen LogP contribution is 2.11. The summed E-state index contributed by atoms with van der Waals surface area (Å²) in [4.78, 5) is 18.5. The number of amides is 1. The summed E-state index contributed by atoms with van der Waals surface area (Å²) in [6, 6.07) is 0. The highest BCUT2D eigenvalue weighted by molar-refractivity contribution is 7.09. The molecule has 6 heteroatoms. The number of aryl methyl sites for hydroxylation is 1. The van der Waals surface area contributed by atoms with E-state index < -0.39 is 0 Å². The van der Waals surface area contributed by atoms with Gasteiger partial charge in [0.15, 0.2) is 0 Å². The number of nitrogens with one attached hydrogen (secondary N) is 1. The number of nitrogens with two attached hydrogens (primary N) is 1. The minimum absolute atomic E-state index is 0.0489. The molecule has 0 saturated heterocycles. The van der Waals surface area contributed by atoms with Crippen LogP contribution in [-0.4, -0.2) is 48.5 Å². The molecular formula is C14H26N4OS. The van der Waals surface area contributed by atoms with Crippen LogP contribution in [0.5, 0.6) is 0 Å². The summed E-state index contributed by atoms with van der Waals surface area (Å²) in [7, 11) is 0. The summed E-state index contributed by atoms with van der Waals surface area (Å²) in [6.07, 6.45) is 2.23. The van der Waals surface area contributed by atoms with Crippen LogP contribution in [0, 0.1) is 0 Å². The summed E-state index contributed by atoms with van der Waals surface area (Å²) in [5, 5.41) is 5.99. The van der Waals surface area contributed by atoms with E-state index in [2.05, 4.69) is 29.0 Å². The van der Waals surface area contributed by atoms with Gasteiger partial charge in [0.05, 0.1) is 17.1 Å². The fraction of sp³-hybridized carbons (Fsp3) is 0.714. The van der Waals surface area contributed by atoms with Gasteiger partial charge in [-0.3, -0.25) is 4.79 Å². The first-order valence-electron chi connectivity index (χ1n) is 7.32. The predicted octanol–water partition coefficient (Wildman–Crippen LogP) is 1.03. The maximum Gasteiger partial charge on any atom is 0.226 e. The molecule has 0 aliphatic carbocycles. The number of aromatic nitrogens is 1. The van der Waals surface area contributed by atoms with E-state index in [0.717, 1.165) is 43.2 Å². The molecule has 0 aliphatic rings. The van der Waals surface area contributed by atoms with E-state index in [-0.39, 0.29) is 5.91 Å². The van der Waals surface area contributed by atoms with E-state index >= 15 is 0 Å². The van der Waals surface area contributed by atoms with Crippen LogP contribution in [0.4, 0.5) is 0 Å². The molecular weight excluding hydrogens is 272 g/mol. The molecule has 0 spiro atoms. The number of hydrogen-bond donors (Lipinski definition) is 2. The fourth-order valence-electron chi connectivity index (χ4n) is 1.92. The van der Waals surface area contributed by atoms with Crippen LogP contribution < -0.4 is 11.1 Å². The normalized spacial score (nSPS) is 11.0. The lowest BCUT2D eigenvalue weighted by Gasteiger charge is -2.17. The third kappa shape index (κ3) is 6.45. The number of likely N-dealkylation sites (N-methyl/N-ethyl adjacent to an activating group) is 1. The van der Waals surface area contributed by atoms with Gasteiger partial charge in [0.2, 0.25) is 5.91 Å². The molecule has 3 N–H and O–H groups in total. The monoisotopic (exact) mass is 298 g/mol. The second-order valence-corrected chi connectivity index (χ2v) is 5.62. The van der Waals surface area contributed by atoms with E-state index in [1.807, 2.05) is 5.38 Å². The molecule has 0 bridgehead atoms. The van der Waals surface area contributed by atoms with Gasteiger partial charge in [0.1, 0.15) is 0 Å². The van der Waals surface area contributed by atoms with Gasteiger partial charge < -0.3 is 16.0 Å². The molecule has 0 aliphatic heterocycles. The molecule has 1 aromatic rings. The number of rotatable bonds is 10. The first-order chi connectivity index (χ1) is 9.69. The van der Waals surface area contributed by atoms with Crippen LogP contribution >= 0.6 is 11.3 Å². The lowest BCUT2D eigenvalue weighted by molar-refractivity contribution is -0.120. The van der Waals surface area contributed by atoms with Gasteiger partial charge in [0.25, 0.3) is 0 Å². The average Bonchev–Trinajstić information content (AvgIpc) is 2.89. The molecule has 0 atom stereocenters. The maximum absolute atomic E-state index is 11.8. The number of carbonyl (C=O) groups is 1. The van der Waals surface area contributed by atoms with Crippen molar-refractivity contribution in [3.8, 4) is 0 Å². The second kappa shape index (κ2) is 9.85. The van der Waals surface area contributed by atoms with Crippen molar-refractivity contribution in [2.24, 2.45) is 5.73 Å². The molecule has 20 heavy (non-hydrogen) atoms. The second-order valence-electron chi connectivity index (χ2n) is 4.68. The third-order valence-corrected chi connectivity index (χ3v) is 4.14. The Morgan fingerprint density at radius 3 is 2.85 bits per heavy atom. The summed E-state index contributed by atoms with van der Waals surface area (Å²) < 4.78 is 0. The van der Waals surface area contributed by atoms with Gasteiger partial charge in [-0.2, -0.15) is 0 Å². The van der Waals surface area contributed by atoms with Crippen molar-refractivity contribution < 1.29 is 4.79 Å². The Bertz CT molecular complexity index is 390. The zero-order chi connectivity index (χ0) is 14.8. The van der Waals surface area contributed by atoms with Crippen molar-refractivity contribution in [1.82, 2.24) is 15.2 Å². The SMILES string of the molecule is CCN(CC)CCNC(=O)Cc1csc(CCCN)n1. The molecule has 0 unspecified atom stereocenters. The zero-order valence-corrected chi connectivity index (χ0v) is 13.3. The Labute approximate surface area is 125 Å². The minimum Gasteiger partial charge on any atom is -0.354 e. The first kappa shape index (κ1) is 17.1. The first-order valence-corrected chi connectivity index (χ1v) is 8.19. The quantitative estimate of drug-likeness (QED) is 0.677. The van der Waals surface area contributed by atoms with E-state index in [0.29, 0.717) is 19.5 Å². The van der Waals surface area contributed by atoms with Gasteiger partial charge >= 0.3 is 0 Å². The van der Waals surface area contributed by atoms with Crippen LogP contribution in [0.15, 0.2) is 5.38 Å². The van der Waals surface area contributed by atoms with Gasteiger partial charge in [-0.05, 0) is 26.1 Å². The highest BCUT2D eigenvalue weighted by atomic mass is 32.1. The molecule has 1 rings (SSSR count). The molecule has 0 fully saturated rings. The van der Waals surface area contributed by atoms with Crippen LogP contribution in [0.25, 0.3) is 0 Å². The van der Waals surface area contributed by atoms with Crippen LogP contribution in [0.2, 0.25) is 0 Å². The molecule has 0 saturated carbocycles. The number of hydrogen-bond acceptors (Lipinski definition) is 5. The third-order valence-electron chi connectivity index (χ3n) is 3.18. The Morgan fingerprint density at radius 1 is 1.45 bits per heavy atom. The lowest BCUT2D eigenvalue weighted by atomic mass is 10.3. The molecule has 1 amide bonds. The smallest absolute Gasteiger partial charge is 0.226 e. The molecule has 1 aromatic heterocycles. The number of thiazole rings is 1. The van der Waals surface area contributed by atoms with Gasteiger partial charge in [-0.15, -0.1) is 11.3 Å². The fourth-order valence-corrected chi connectivity index (χ4v) is 2.76. The molecule has 5 nitrogen and oxygen atoms in total. The van der Waals surface area contributed by atoms with Crippen molar-refractivity contribution >= 4 is 17.2 Å². The van der Waals surface area contributed by atoms with Gasteiger partial charge in [-0.1, -0.05) is 13.8 Å². The van der Waals surface area contributed by atoms with Crippen molar-refractivity contribution in [2.75, 3.05) is 32.7 Å². The number of nitrogens with zero attached hydrogens (tertiary/aromatic N) is 2. The summed E-state index contributed by atoms with van der Waals surface area (Å²) in [5.41, 5.74) is 6.34. The largest absolute Gasteiger partial charge is 0.354 e. The Hall–Kier alpha value is -0.980. The molecule has 0 aromatic carbocycles. The topological polar surface area (TPSA) is 71.2 Å². The van der Waals surface area contributed by atoms with E-state index in [4.69, 9.17) is 5.73 Å². The zero-order valence-electron chi connectivity index (χ0n) is 12.5. The summed E-state index contributed by atoms with van der Waals surface area (Å²) in [5.74, 6) is 0.0489. The van der Waals surface area contributed by atoms with E-state index in [1.165, 1.54) is 0 Å². The van der Waals surface area contributed by atoms with Crippen molar-refractivity contribution in [3.63, 3.8) is 0 Å². The van der Waals surface area contributed by atoms with Crippen molar-refractivity contribution in [2.45, 2.75) is 33.1 Å². The average molecular weight is 298 g/mol. The van der Waals surface area contributed by atoms with Gasteiger partial charge in [0, 0.05) is 24.9 Å². The summed E-state index contributed by atoms with van der Waals surface area (Å²) >= 11 is 1.61. The molecule has 1 heterocycles. The highest BCUT2D eigenvalue weighted by Gasteiger charge is 2.08. The number of carbonyl (C=O) groups excluding carboxylic acids is 1. The van der Waals surface area contributed by atoms with Crippen molar-refractivity contribution in [1.29, 1.82) is 0 Å². The Kier molecular flexibility index (Phi) is 8.41. The van der Waals surface area contributed by atoms with Crippen LogP contribution in [0.3, 0.4) is 0 Å². The Morgan fingerprint density at radius 2 is 2.20 bits per heavy atom. The standard InChI is InChI=1S/C14H26N4OS/c1-3-18(4-2)9-8-16-13(19)10-12-11-20-14(17-12)6-5-7-15/h11H,3-10,15H2,1-2H3,(H,16,19). The Balaban J connectivity index is 2.26. The summed E-state index contributed by atoms with van der Waals surface area (Å²) in [6.45, 7) is 8.57. The van der Waals surface area contributed by atoms with E-state index in [9.17, 15) is 4.79 Å². The predicted molar refractivity (Wildman–Crippen MR) is 84.0 cm³/mol. The maximum atomic E-state index is 11.8. The van der Waals surface area contributed by atoms with Crippen molar-refractivity contribution in [3.05, 3.63) is 16.1 Å². The minimum atomic E-state index is 0.0489. The molecule has 114 valence electrons. The van der Waals surface area contributed by atoms with Crippen LogP contribution in [-0.2, 0) is 17.6 Å². The van der Waals surface area contributed by atoms with Crippen LogP contribution in [0.1, 0.15) is 31.0 Å².